The summed E-state index contributed by atoms with van der Waals surface area (Å²) in [4.78, 5) is 23.8. The molecule has 0 saturated heterocycles. The van der Waals surface area contributed by atoms with Gasteiger partial charge in [-0.2, -0.15) is 0 Å². The van der Waals surface area contributed by atoms with Gasteiger partial charge in [0.25, 0.3) is 0 Å². The van der Waals surface area contributed by atoms with Crippen LogP contribution in [0.3, 0.4) is 0 Å². The van der Waals surface area contributed by atoms with E-state index in [9.17, 15) is 14.0 Å². The number of ketones is 1. The van der Waals surface area contributed by atoms with Crippen LogP contribution in [0.1, 0.15) is 29.6 Å². The number of nitrogens with one attached hydrogen (secondary N) is 1. The van der Waals surface area contributed by atoms with Crippen molar-refractivity contribution >= 4 is 29.0 Å². The Morgan fingerprint density at radius 1 is 1.12 bits per heavy atom. The van der Waals surface area contributed by atoms with Gasteiger partial charge in [0.2, 0.25) is 5.91 Å². The molecule has 0 saturated carbocycles. The first kappa shape index (κ1) is 17.9. The Morgan fingerprint density at radius 2 is 1.83 bits per heavy atom. The smallest absolute Gasteiger partial charge is 0.224 e. The molecule has 2 rings (SSSR count). The van der Waals surface area contributed by atoms with Gasteiger partial charge in [0.15, 0.2) is 5.78 Å². The second-order valence-corrected chi connectivity index (χ2v) is 5.59. The monoisotopic (exact) mass is 349 g/mol. The maximum Gasteiger partial charge on any atom is 0.224 e. The molecular formula is C18H17ClFNO3. The van der Waals surface area contributed by atoms with Gasteiger partial charge in [0, 0.05) is 24.1 Å². The largest absolute Gasteiger partial charge is 0.495 e. The first-order chi connectivity index (χ1) is 11.5. The standard InChI is InChI=1S/C18H17ClFNO3/c1-24-17-10-9-14(11-15(17)19)21-18(23)4-2-3-16(22)12-5-7-13(20)8-6-12/h5-11H,2-4H2,1H3,(H,21,23). The Labute approximate surface area is 144 Å². The predicted octanol–water partition coefficient (Wildman–Crippen LogP) is 4.48. The minimum atomic E-state index is -0.385. The topological polar surface area (TPSA) is 55.4 Å². The number of methoxy groups -OCH3 is 1. The number of ether oxygens (including phenoxy) is 1. The van der Waals surface area contributed by atoms with Crippen molar-refractivity contribution in [2.24, 2.45) is 0 Å². The molecule has 4 nitrogen and oxygen atoms in total. The zero-order valence-corrected chi connectivity index (χ0v) is 13.9. The van der Waals surface area contributed by atoms with Crippen LogP contribution in [-0.4, -0.2) is 18.8 Å². The van der Waals surface area contributed by atoms with E-state index >= 15 is 0 Å². The normalized spacial score (nSPS) is 10.3. The first-order valence-corrected chi connectivity index (χ1v) is 7.79. The second kappa shape index (κ2) is 8.45. The number of benzene rings is 2. The average molecular weight is 350 g/mol. The van der Waals surface area contributed by atoms with E-state index < -0.39 is 0 Å². The Balaban J connectivity index is 1.80. The summed E-state index contributed by atoms with van der Waals surface area (Å²) in [5.41, 5.74) is 1.01. The predicted molar refractivity (Wildman–Crippen MR) is 91.2 cm³/mol. The third-order valence-electron chi connectivity index (χ3n) is 3.41. The van der Waals surface area contributed by atoms with Gasteiger partial charge in [0.05, 0.1) is 12.1 Å². The lowest BCUT2D eigenvalue weighted by molar-refractivity contribution is -0.116. The third-order valence-corrected chi connectivity index (χ3v) is 3.70. The first-order valence-electron chi connectivity index (χ1n) is 7.42. The SMILES string of the molecule is COc1ccc(NC(=O)CCCC(=O)c2ccc(F)cc2)cc1Cl. The molecule has 2 aromatic rings. The fourth-order valence-corrected chi connectivity index (χ4v) is 2.41. The van der Waals surface area contributed by atoms with Crippen molar-refractivity contribution in [3.8, 4) is 5.75 Å². The van der Waals surface area contributed by atoms with E-state index in [2.05, 4.69) is 5.32 Å². The summed E-state index contributed by atoms with van der Waals surface area (Å²) in [5.74, 6) is -0.179. The van der Waals surface area contributed by atoms with Gasteiger partial charge in [-0.3, -0.25) is 9.59 Å². The van der Waals surface area contributed by atoms with E-state index in [1.165, 1.54) is 31.4 Å². The molecule has 0 spiro atoms. The van der Waals surface area contributed by atoms with Crippen molar-refractivity contribution in [1.29, 1.82) is 0 Å². The molecule has 2 aromatic carbocycles. The number of hydrogen-bond donors (Lipinski definition) is 1. The molecule has 0 heterocycles. The van der Waals surface area contributed by atoms with Gasteiger partial charge in [-0.1, -0.05) is 11.6 Å². The molecule has 1 amide bonds. The molecule has 0 bridgehead atoms. The van der Waals surface area contributed by atoms with E-state index in [-0.39, 0.29) is 30.3 Å². The zero-order chi connectivity index (χ0) is 17.5. The Kier molecular flexibility index (Phi) is 6.32. The number of carbonyl (C=O) groups excluding carboxylic acids is 2. The van der Waals surface area contributed by atoms with Crippen molar-refractivity contribution in [3.05, 3.63) is 58.9 Å². The summed E-state index contributed by atoms with van der Waals surface area (Å²) in [6, 6.07) is 10.3. The lowest BCUT2D eigenvalue weighted by Crippen LogP contribution is -2.12. The number of anilines is 1. The zero-order valence-electron chi connectivity index (χ0n) is 13.1. The lowest BCUT2D eigenvalue weighted by atomic mass is 10.1. The van der Waals surface area contributed by atoms with Crippen molar-refractivity contribution in [1.82, 2.24) is 0 Å². The maximum absolute atomic E-state index is 12.8. The van der Waals surface area contributed by atoms with Crippen molar-refractivity contribution in [3.63, 3.8) is 0 Å². The minimum Gasteiger partial charge on any atom is -0.495 e. The highest BCUT2D eigenvalue weighted by Crippen LogP contribution is 2.27. The summed E-state index contributed by atoms with van der Waals surface area (Å²) < 4.78 is 17.8. The highest BCUT2D eigenvalue weighted by molar-refractivity contribution is 6.32. The number of carbonyl (C=O) groups is 2. The lowest BCUT2D eigenvalue weighted by Gasteiger charge is -2.08. The molecule has 0 aliphatic heterocycles. The Bertz CT molecular complexity index is 732. The van der Waals surface area contributed by atoms with Gasteiger partial charge in [-0.15, -0.1) is 0 Å². The number of rotatable bonds is 7. The van der Waals surface area contributed by atoms with Crippen LogP contribution in [0.2, 0.25) is 5.02 Å². The van der Waals surface area contributed by atoms with E-state index in [0.717, 1.165) is 0 Å². The summed E-state index contributed by atoms with van der Waals surface area (Å²) in [6.45, 7) is 0. The molecule has 0 atom stereocenters. The van der Waals surface area contributed by atoms with Crippen LogP contribution in [0.25, 0.3) is 0 Å². The van der Waals surface area contributed by atoms with Crippen LogP contribution in [0.4, 0.5) is 10.1 Å². The number of amides is 1. The van der Waals surface area contributed by atoms with E-state index in [1.54, 1.807) is 18.2 Å². The van der Waals surface area contributed by atoms with Gasteiger partial charge in [0.1, 0.15) is 11.6 Å². The third kappa shape index (κ3) is 5.06. The van der Waals surface area contributed by atoms with Crippen LogP contribution < -0.4 is 10.1 Å². The molecule has 126 valence electrons. The van der Waals surface area contributed by atoms with Crippen molar-refractivity contribution in [2.45, 2.75) is 19.3 Å². The summed E-state index contributed by atoms with van der Waals surface area (Å²) in [6.07, 6.45) is 0.838. The van der Waals surface area contributed by atoms with Gasteiger partial charge < -0.3 is 10.1 Å². The molecule has 24 heavy (non-hydrogen) atoms. The fourth-order valence-electron chi connectivity index (χ4n) is 2.16. The highest BCUT2D eigenvalue weighted by Gasteiger charge is 2.09. The number of halogens is 2. The minimum absolute atomic E-state index is 0.115. The van der Waals surface area contributed by atoms with Crippen molar-refractivity contribution < 1.29 is 18.7 Å². The van der Waals surface area contributed by atoms with Crippen LogP contribution in [-0.2, 0) is 4.79 Å². The fraction of sp³-hybridized carbons (Fsp3) is 0.222. The Hall–Kier alpha value is -2.40. The quantitative estimate of drug-likeness (QED) is 0.750. The molecule has 0 radical (unpaired) electrons. The van der Waals surface area contributed by atoms with Gasteiger partial charge in [-0.25, -0.2) is 4.39 Å². The van der Waals surface area contributed by atoms with Crippen LogP contribution in [0.15, 0.2) is 42.5 Å². The maximum atomic E-state index is 12.8. The second-order valence-electron chi connectivity index (χ2n) is 5.18. The summed E-state index contributed by atoms with van der Waals surface area (Å²) in [5, 5.41) is 3.12. The van der Waals surface area contributed by atoms with Crippen LogP contribution >= 0.6 is 11.6 Å². The number of hydrogen-bond acceptors (Lipinski definition) is 3. The molecule has 0 unspecified atom stereocenters. The number of Topliss-reactive ketones (excluding diaryl/α,β-unsaturated/α-hetero) is 1. The van der Waals surface area contributed by atoms with E-state index in [0.29, 0.717) is 28.4 Å². The van der Waals surface area contributed by atoms with E-state index in [4.69, 9.17) is 16.3 Å². The molecule has 0 aromatic heterocycles. The average Bonchev–Trinajstić information content (AvgIpc) is 2.55. The van der Waals surface area contributed by atoms with Crippen LogP contribution in [0.5, 0.6) is 5.75 Å². The van der Waals surface area contributed by atoms with Crippen molar-refractivity contribution in [2.75, 3.05) is 12.4 Å². The van der Waals surface area contributed by atoms with Gasteiger partial charge in [-0.05, 0) is 48.9 Å². The molecular weight excluding hydrogens is 333 g/mol. The summed E-state index contributed by atoms with van der Waals surface area (Å²) in [7, 11) is 1.51. The van der Waals surface area contributed by atoms with Gasteiger partial charge >= 0.3 is 0 Å². The summed E-state index contributed by atoms with van der Waals surface area (Å²) >= 11 is 5.99. The molecule has 1 N–H and O–H groups in total. The Morgan fingerprint density at radius 3 is 2.46 bits per heavy atom. The molecule has 0 fully saturated rings. The highest BCUT2D eigenvalue weighted by atomic mass is 35.5. The molecule has 0 aliphatic carbocycles. The molecule has 0 aliphatic rings. The van der Waals surface area contributed by atoms with E-state index in [1.807, 2.05) is 0 Å². The van der Waals surface area contributed by atoms with Crippen LogP contribution in [0, 0.1) is 5.82 Å². The molecule has 6 heteroatoms.